The molecule has 1 saturated heterocycles. The lowest BCUT2D eigenvalue weighted by Crippen LogP contribution is -2.50. The minimum absolute atomic E-state index is 0.198. The summed E-state index contributed by atoms with van der Waals surface area (Å²) < 4.78 is 0. The third-order valence-corrected chi connectivity index (χ3v) is 4.20. The lowest BCUT2D eigenvalue weighted by molar-refractivity contribution is -0.396. The van der Waals surface area contributed by atoms with Gasteiger partial charge in [-0.3, -0.25) is 10.2 Å². The summed E-state index contributed by atoms with van der Waals surface area (Å²) >= 11 is 1.36. The number of H-pyrrole nitrogens is 2. The van der Waals surface area contributed by atoms with Gasteiger partial charge in [-0.05, 0) is 30.8 Å². The summed E-state index contributed by atoms with van der Waals surface area (Å²) in [6.45, 7) is 5.34. The largest absolute Gasteiger partial charge is 0.369 e. The molecule has 1 aromatic carbocycles. The first kappa shape index (κ1) is 14.0. The monoisotopic (exact) mass is 305 g/mol. The highest BCUT2D eigenvalue weighted by molar-refractivity contribution is 7.99. The van der Waals surface area contributed by atoms with Crippen molar-refractivity contribution in [3.05, 3.63) is 36.5 Å². The van der Waals surface area contributed by atoms with Crippen LogP contribution in [0, 0.1) is 0 Å². The number of imidazole rings is 1. The molecule has 1 amide bonds. The number of para-hydroxylation sites is 2. The summed E-state index contributed by atoms with van der Waals surface area (Å²) in [4.78, 5) is 18.6. The average Bonchev–Trinajstić information content (AvgIpc) is 2.95. The van der Waals surface area contributed by atoms with Crippen molar-refractivity contribution in [3.63, 3.8) is 0 Å². The van der Waals surface area contributed by atoms with Crippen LogP contribution < -0.4 is 10.4 Å². The Morgan fingerprint density at radius 1 is 1.57 bits per heavy atom. The number of thioether (sulfide) groups is 1. The quantitative estimate of drug-likeness (QED) is 0.740. The van der Waals surface area contributed by atoms with Gasteiger partial charge in [-0.15, -0.1) is 0 Å². The van der Waals surface area contributed by atoms with Gasteiger partial charge >= 0.3 is 5.16 Å². The number of aliphatic hydroxyl groups is 1. The van der Waals surface area contributed by atoms with E-state index in [0.29, 0.717) is 12.1 Å². The van der Waals surface area contributed by atoms with Crippen LogP contribution in [0.25, 0.3) is 11.0 Å². The van der Waals surface area contributed by atoms with Crippen molar-refractivity contribution in [1.82, 2.24) is 15.4 Å². The maximum Gasteiger partial charge on any atom is 0.315 e. The number of carbonyl (C=O) groups is 1. The van der Waals surface area contributed by atoms with Gasteiger partial charge in [0.1, 0.15) is 0 Å². The highest BCUT2D eigenvalue weighted by Gasteiger charge is 2.40. The van der Waals surface area contributed by atoms with Crippen LogP contribution in [0.4, 0.5) is 0 Å². The van der Waals surface area contributed by atoms with Crippen LogP contribution in [0.5, 0.6) is 0 Å². The van der Waals surface area contributed by atoms with Crippen molar-refractivity contribution >= 4 is 28.7 Å². The van der Waals surface area contributed by atoms with E-state index in [9.17, 15) is 9.90 Å². The first-order valence-corrected chi connectivity index (χ1v) is 7.57. The van der Waals surface area contributed by atoms with Crippen molar-refractivity contribution in [2.75, 3.05) is 5.75 Å². The third kappa shape index (κ3) is 2.74. The minimum atomic E-state index is -1.22. The number of carbonyl (C=O) groups excluding carboxylic acids is 1. The molecule has 0 bridgehead atoms. The van der Waals surface area contributed by atoms with E-state index in [1.807, 2.05) is 24.3 Å². The van der Waals surface area contributed by atoms with Gasteiger partial charge in [0.05, 0.1) is 5.75 Å². The molecule has 2 aromatic rings. The smallest absolute Gasteiger partial charge is 0.315 e. The van der Waals surface area contributed by atoms with Crippen molar-refractivity contribution in [3.8, 4) is 0 Å². The molecule has 0 aliphatic carbocycles. The number of hydrogen-bond donors (Lipinski definition) is 3. The van der Waals surface area contributed by atoms with Crippen molar-refractivity contribution < 1.29 is 14.9 Å². The summed E-state index contributed by atoms with van der Waals surface area (Å²) in [5.41, 5.74) is 4.21. The lowest BCUT2D eigenvalue weighted by atomic mass is 10.2. The fraction of sp³-hybridized carbons (Fsp3) is 0.286. The summed E-state index contributed by atoms with van der Waals surface area (Å²) in [6.07, 6.45) is 0.335. The summed E-state index contributed by atoms with van der Waals surface area (Å²) in [6, 6.07) is 7.83. The molecular formula is C14H17N4O2S+. The number of hydrogen-bond acceptors (Lipinski definition) is 4. The summed E-state index contributed by atoms with van der Waals surface area (Å²) in [7, 11) is 0. The first-order valence-electron chi connectivity index (χ1n) is 6.58. The normalized spacial score (nSPS) is 21.8. The van der Waals surface area contributed by atoms with Gasteiger partial charge in [0, 0.05) is 12.1 Å². The minimum Gasteiger partial charge on any atom is -0.369 e. The Bertz CT molecular complexity index is 677. The Balaban J connectivity index is 1.67. The summed E-state index contributed by atoms with van der Waals surface area (Å²) in [5, 5.41) is 12.2. The molecule has 2 heterocycles. The second-order valence-corrected chi connectivity index (χ2v) is 6.24. The zero-order chi connectivity index (χ0) is 15.0. The standard InChI is InChI=1S/C14H16N4O2S/c1-9-7-14(2,20)18(17-9)12(19)8-21-13-15-10-5-3-4-6-11(10)16-13/h3-6,17,20H,1,7-8H2,2H3,(H,15,16)/p+1. The van der Waals surface area contributed by atoms with Crippen LogP contribution in [0.3, 0.4) is 0 Å². The van der Waals surface area contributed by atoms with Crippen LogP contribution in [0.15, 0.2) is 41.7 Å². The summed E-state index contributed by atoms with van der Waals surface area (Å²) in [5.74, 6) is 0.00967. The van der Waals surface area contributed by atoms with E-state index < -0.39 is 5.72 Å². The van der Waals surface area contributed by atoms with Crippen molar-refractivity contribution in [1.29, 1.82) is 0 Å². The number of fused-ring (bicyclic) bond motifs is 1. The molecule has 110 valence electrons. The molecule has 0 radical (unpaired) electrons. The molecule has 4 N–H and O–H groups in total. The van der Waals surface area contributed by atoms with Gasteiger partial charge in [0.2, 0.25) is 0 Å². The van der Waals surface area contributed by atoms with Crippen molar-refractivity contribution in [2.24, 2.45) is 0 Å². The van der Waals surface area contributed by atoms with Gasteiger partial charge in [0.25, 0.3) is 5.91 Å². The number of amides is 1. The van der Waals surface area contributed by atoms with Gasteiger partial charge < -0.3 is 5.11 Å². The van der Waals surface area contributed by atoms with Gasteiger partial charge in [0.15, 0.2) is 16.8 Å². The number of rotatable bonds is 3. The van der Waals surface area contributed by atoms with Gasteiger partial charge in [-0.1, -0.05) is 18.7 Å². The molecule has 1 unspecified atom stereocenters. The molecule has 1 atom stereocenters. The molecule has 1 aliphatic rings. The molecule has 3 rings (SSSR count). The van der Waals surface area contributed by atoms with E-state index in [0.717, 1.165) is 16.2 Å². The molecule has 6 nitrogen and oxygen atoms in total. The Morgan fingerprint density at radius 2 is 2.33 bits per heavy atom. The Labute approximate surface area is 126 Å². The number of aromatic amines is 2. The number of hydrazine groups is 1. The zero-order valence-electron chi connectivity index (χ0n) is 11.6. The highest BCUT2D eigenvalue weighted by Crippen LogP contribution is 2.26. The second kappa shape index (κ2) is 5.09. The number of benzene rings is 1. The topological polar surface area (TPSA) is 82.5 Å². The highest BCUT2D eigenvalue weighted by atomic mass is 32.2. The van der Waals surface area contributed by atoms with Gasteiger partial charge in [-0.2, -0.15) is 0 Å². The van der Waals surface area contributed by atoms with Crippen LogP contribution in [0.2, 0.25) is 0 Å². The molecule has 0 spiro atoms. The van der Waals surface area contributed by atoms with Crippen LogP contribution in [-0.4, -0.2) is 32.5 Å². The third-order valence-electron chi connectivity index (χ3n) is 3.31. The van der Waals surface area contributed by atoms with E-state index in [4.69, 9.17) is 0 Å². The van der Waals surface area contributed by atoms with Gasteiger partial charge in [-0.25, -0.2) is 15.0 Å². The number of aromatic nitrogens is 2. The Hall–Kier alpha value is -1.99. The lowest BCUT2D eigenvalue weighted by Gasteiger charge is -2.28. The SMILES string of the molecule is C=C1CC(C)(O)N(C(=O)CSc2[nH]c3ccccc3[nH+]2)N1. The average molecular weight is 305 g/mol. The van der Waals surface area contributed by atoms with E-state index in [2.05, 4.69) is 22.0 Å². The maximum atomic E-state index is 12.2. The predicted molar refractivity (Wildman–Crippen MR) is 79.9 cm³/mol. The zero-order valence-corrected chi connectivity index (χ0v) is 12.5. The molecule has 1 fully saturated rings. The van der Waals surface area contributed by atoms with E-state index >= 15 is 0 Å². The molecule has 1 aromatic heterocycles. The van der Waals surface area contributed by atoms with E-state index in [1.165, 1.54) is 16.8 Å². The van der Waals surface area contributed by atoms with Crippen LogP contribution in [-0.2, 0) is 4.79 Å². The molecule has 21 heavy (non-hydrogen) atoms. The maximum absolute atomic E-state index is 12.2. The first-order chi connectivity index (χ1) is 9.95. The Morgan fingerprint density at radius 3 is 3.00 bits per heavy atom. The van der Waals surface area contributed by atoms with E-state index in [-0.39, 0.29) is 11.7 Å². The van der Waals surface area contributed by atoms with E-state index in [1.54, 1.807) is 6.92 Å². The second-order valence-electron chi connectivity index (χ2n) is 5.25. The van der Waals surface area contributed by atoms with Crippen LogP contribution in [0.1, 0.15) is 13.3 Å². The molecular weight excluding hydrogens is 288 g/mol. The number of nitrogens with one attached hydrogen (secondary N) is 3. The number of nitrogens with zero attached hydrogens (tertiary/aromatic N) is 1. The predicted octanol–water partition coefficient (Wildman–Crippen LogP) is 1.03. The molecule has 7 heteroatoms. The fourth-order valence-corrected chi connectivity index (χ4v) is 3.14. The van der Waals surface area contributed by atoms with Crippen molar-refractivity contribution in [2.45, 2.75) is 24.2 Å². The van der Waals surface area contributed by atoms with Crippen LogP contribution >= 0.6 is 11.8 Å². The Kier molecular flexibility index (Phi) is 3.38. The fourth-order valence-electron chi connectivity index (χ4n) is 2.38. The molecule has 1 aliphatic heterocycles. The molecule has 0 saturated carbocycles.